The Kier molecular flexibility index (Phi) is 8.55. The number of hydrogen-bond donors (Lipinski definition) is 0. The van der Waals surface area contributed by atoms with E-state index in [4.69, 9.17) is 9.97 Å². The summed E-state index contributed by atoms with van der Waals surface area (Å²) in [4.78, 5) is 10.7. The molecule has 0 saturated carbocycles. The molecule has 12 rings (SSSR count). The highest BCUT2D eigenvalue weighted by molar-refractivity contribution is 6.20. The zero-order valence-corrected chi connectivity index (χ0v) is 35.2. The summed E-state index contributed by atoms with van der Waals surface area (Å²) in [6, 6.07) is 79.1. The number of fused-ring (bicyclic) bond motifs is 7. The summed E-state index contributed by atoms with van der Waals surface area (Å²) >= 11 is 0. The van der Waals surface area contributed by atoms with E-state index < -0.39 is 0 Å². The smallest absolute Gasteiger partial charge is 0.160 e. The van der Waals surface area contributed by atoms with Crippen molar-refractivity contribution in [3.05, 3.63) is 230 Å². The predicted molar refractivity (Wildman–Crippen MR) is 265 cm³/mol. The Morgan fingerprint density at radius 1 is 0.302 bits per heavy atom. The molecule has 63 heavy (non-hydrogen) atoms. The molecule has 0 amide bonds. The average Bonchev–Trinajstić information content (AvgIpc) is 3.58. The molecule has 1 heterocycles. The molecule has 0 unspecified atom stereocenters. The van der Waals surface area contributed by atoms with Crippen molar-refractivity contribution < 1.29 is 0 Å². The molecule has 11 aromatic rings. The SMILES string of the molecule is CC1(C)c2ccccc2-c2ccc(-c3ccccc3-c3cc(-c4ccc(-c5ccccc5)cc4)nc(-c4ccc(-c5c6ccccc6cc6c5ccc5ccccc56)cc4)n3)cc21. The summed E-state index contributed by atoms with van der Waals surface area (Å²) in [6.07, 6.45) is 0. The van der Waals surface area contributed by atoms with Gasteiger partial charge in [0, 0.05) is 22.1 Å². The van der Waals surface area contributed by atoms with E-state index in [0.717, 1.165) is 39.2 Å². The second kappa shape index (κ2) is 14.6. The van der Waals surface area contributed by atoms with Gasteiger partial charge in [0.25, 0.3) is 0 Å². The molecular formula is C61H42N2. The monoisotopic (exact) mass is 802 g/mol. The number of nitrogens with zero attached hydrogens (tertiary/aromatic N) is 2. The van der Waals surface area contributed by atoms with Crippen molar-refractivity contribution >= 4 is 32.3 Å². The molecule has 1 aromatic heterocycles. The zero-order valence-electron chi connectivity index (χ0n) is 35.2. The van der Waals surface area contributed by atoms with Gasteiger partial charge >= 0.3 is 0 Å². The van der Waals surface area contributed by atoms with Crippen LogP contribution in [0.15, 0.2) is 218 Å². The molecule has 2 heteroatoms. The number of rotatable bonds is 6. The summed E-state index contributed by atoms with van der Waals surface area (Å²) in [5.74, 6) is 0.690. The van der Waals surface area contributed by atoms with Crippen LogP contribution in [0.3, 0.4) is 0 Å². The number of hydrogen-bond acceptors (Lipinski definition) is 2. The molecule has 1 aliphatic carbocycles. The standard InChI is InChI=1S/C61H42N2/c1-61(2)55-23-13-12-21-50(55)51-34-33-46(37-56(51)61)48-19-10-11-22-52(48)58-38-57(42-26-24-40(25-27-42)39-14-4-3-5-15-39)62-60(63-58)44-30-28-43(29-31-44)59-49-20-9-7-17-45(49)36-54-47-18-8-6-16-41(47)32-35-53(54)59/h3-38H,1-2H3. The molecule has 0 bridgehead atoms. The van der Waals surface area contributed by atoms with Crippen LogP contribution in [0.2, 0.25) is 0 Å². The van der Waals surface area contributed by atoms with Crippen LogP contribution in [0.25, 0.3) is 111 Å². The molecule has 0 atom stereocenters. The average molecular weight is 803 g/mol. The van der Waals surface area contributed by atoms with Crippen LogP contribution in [0.4, 0.5) is 0 Å². The maximum Gasteiger partial charge on any atom is 0.160 e. The van der Waals surface area contributed by atoms with Crippen LogP contribution in [0.1, 0.15) is 25.0 Å². The Bertz CT molecular complexity index is 3560. The van der Waals surface area contributed by atoms with Crippen molar-refractivity contribution in [2.45, 2.75) is 19.3 Å². The first-order chi connectivity index (χ1) is 31.0. The molecule has 0 radical (unpaired) electrons. The van der Waals surface area contributed by atoms with Gasteiger partial charge in [-0.2, -0.15) is 0 Å². The van der Waals surface area contributed by atoms with Gasteiger partial charge in [-0.3, -0.25) is 0 Å². The third-order valence-electron chi connectivity index (χ3n) is 13.3. The summed E-state index contributed by atoms with van der Waals surface area (Å²) in [7, 11) is 0. The lowest BCUT2D eigenvalue weighted by Crippen LogP contribution is -2.14. The molecule has 10 aromatic carbocycles. The number of aromatic nitrogens is 2. The lowest BCUT2D eigenvalue weighted by atomic mass is 9.81. The Morgan fingerprint density at radius 2 is 0.873 bits per heavy atom. The molecule has 0 fully saturated rings. The summed E-state index contributed by atoms with van der Waals surface area (Å²) in [6.45, 7) is 4.69. The quantitative estimate of drug-likeness (QED) is 0.124. The Morgan fingerprint density at radius 3 is 1.68 bits per heavy atom. The molecule has 296 valence electrons. The molecule has 0 N–H and O–H groups in total. The van der Waals surface area contributed by atoms with Crippen molar-refractivity contribution in [1.29, 1.82) is 0 Å². The molecule has 0 spiro atoms. The van der Waals surface area contributed by atoms with Crippen LogP contribution in [0.5, 0.6) is 0 Å². The van der Waals surface area contributed by atoms with Gasteiger partial charge in [-0.05, 0) is 106 Å². The maximum atomic E-state index is 5.41. The first-order valence-corrected chi connectivity index (χ1v) is 21.8. The molecular weight excluding hydrogens is 761 g/mol. The van der Waals surface area contributed by atoms with Crippen LogP contribution >= 0.6 is 0 Å². The Balaban J connectivity index is 1.00. The first kappa shape index (κ1) is 36.9. The van der Waals surface area contributed by atoms with Crippen molar-refractivity contribution in [2.24, 2.45) is 0 Å². The van der Waals surface area contributed by atoms with E-state index in [2.05, 4.69) is 232 Å². The van der Waals surface area contributed by atoms with Crippen molar-refractivity contribution in [3.8, 4) is 78.4 Å². The van der Waals surface area contributed by atoms with Crippen molar-refractivity contribution in [1.82, 2.24) is 9.97 Å². The maximum absolute atomic E-state index is 5.41. The zero-order chi connectivity index (χ0) is 42.1. The van der Waals surface area contributed by atoms with Gasteiger partial charge in [-0.25, -0.2) is 9.97 Å². The highest BCUT2D eigenvalue weighted by Crippen LogP contribution is 2.50. The van der Waals surface area contributed by atoms with E-state index in [-0.39, 0.29) is 5.41 Å². The first-order valence-electron chi connectivity index (χ1n) is 21.8. The van der Waals surface area contributed by atoms with Gasteiger partial charge in [-0.1, -0.05) is 214 Å². The lowest BCUT2D eigenvalue weighted by molar-refractivity contribution is 0.660. The molecule has 1 aliphatic rings. The topological polar surface area (TPSA) is 25.8 Å². The van der Waals surface area contributed by atoms with E-state index in [1.54, 1.807) is 0 Å². The van der Waals surface area contributed by atoms with Gasteiger partial charge in [0.1, 0.15) is 0 Å². The van der Waals surface area contributed by atoms with E-state index in [1.165, 1.54) is 76.8 Å². The highest BCUT2D eigenvalue weighted by atomic mass is 14.9. The van der Waals surface area contributed by atoms with Crippen molar-refractivity contribution in [2.75, 3.05) is 0 Å². The fourth-order valence-electron chi connectivity index (χ4n) is 10.1. The minimum Gasteiger partial charge on any atom is -0.228 e. The van der Waals surface area contributed by atoms with Gasteiger partial charge in [0.2, 0.25) is 0 Å². The fraction of sp³-hybridized carbons (Fsp3) is 0.0492. The van der Waals surface area contributed by atoms with Crippen LogP contribution in [0, 0.1) is 0 Å². The minimum atomic E-state index is -0.101. The van der Waals surface area contributed by atoms with E-state index in [9.17, 15) is 0 Å². The van der Waals surface area contributed by atoms with Crippen molar-refractivity contribution in [3.63, 3.8) is 0 Å². The largest absolute Gasteiger partial charge is 0.228 e. The van der Waals surface area contributed by atoms with Gasteiger partial charge in [0.15, 0.2) is 5.82 Å². The van der Waals surface area contributed by atoms with Crippen LogP contribution in [-0.4, -0.2) is 9.97 Å². The second-order valence-electron chi connectivity index (χ2n) is 17.3. The molecule has 2 nitrogen and oxygen atoms in total. The van der Waals surface area contributed by atoms with Gasteiger partial charge in [-0.15, -0.1) is 0 Å². The third kappa shape index (κ3) is 6.17. The summed E-state index contributed by atoms with van der Waals surface area (Å²) in [5.41, 5.74) is 17.2. The molecule has 0 saturated heterocycles. The third-order valence-corrected chi connectivity index (χ3v) is 13.3. The summed E-state index contributed by atoms with van der Waals surface area (Å²) in [5, 5.41) is 7.49. The Hall–Kier alpha value is -7.94. The van der Waals surface area contributed by atoms with E-state index in [1.807, 2.05) is 0 Å². The van der Waals surface area contributed by atoms with Crippen LogP contribution < -0.4 is 0 Å². The van der Waals surface area contributed by atoms with Gasteiger partial charge in [0.05, 0.1) is 11.4 Å². The van der Waals surface area contributed by atoms with Gasteiger partial charge < -0.3 is 0 Å². The van der Waals surface area contributed by atoms with E-state index in [0.29, 0.717) is 5.82 Å². The Labute approximate surface area is 367 Å². The number of benzene rings is 10. The highest BCUT2D eigenvalue weighted by Gasteiger charge is 2.35. The minimum absolute atomic E-state index is 0.101. The normalized spacial score (nSPS) is 12.7. The van der Waals surface area contributed by atoms with Crippen LogP contribution in [-0.2, 0) is 5.41 Å². The second-order valence-corrected chi connectivity index (χ2v) is 17.3. The fourth-order valence-corrected chi connectivity index (χ4v) is 10.1. The summed E-state index contributed by atoms with van der Waals surface area (Å²) < 4.78 is 0. The lowest BCUT2D eigenvalue weighted by Gasteiger charge is -2.22. The molecule has 0 aliphatic heterocycles. The van der Waals surface area contributed by atoms with E-state index >= 15 is 0 Å². The predicted octanol–water partition coefficient (Wildman–Crippen LogP) is 16.2.